The number of aryl methyl sites for hydroxylation is 2. The van der Waals surface area contributed by atoms with Crippen LogP contribution < -0.4 is 4.90 Å². The highest BCUT2D eigenvalue weighted by molar-refractivity contribution is 6.07. The molecule has 1 aromatic heterocycles. The number of ketones is 1. The van der Waals surface area contributed by atoms with Crippen molar-refractivity contribution in [3.63, 3.8) is 0 Å². The molecule has 1 amide bonds. The summed E-state index contributed by atoms with van der Waals surface area (Å²) in [4.78, 5) is 31.0. The average molecular weight is 370 g/mol. The normalized spacial score (nSPS) is 13.1. The molecule has 0 fully saturated rings. The van der Waals surface area contributed by atoms with E-state index in [4.69, 9.17) is 0 Å². The Labute approximate surface area is 164 Å². The smallest absolute Gasteiger partial charge is 0.259 e. The minimum Gasteiger partial charge on any atom is -0.308 e. The van der Waals surface area contributed by atoms with Gasteiger partial charge in [-0.25, -0.2) is 0 Å². The largest absolute Gasteiger partial charge is 0.308 e. The van der Waals surface area contributed by atoms with Crippen LogP contribution in [0, 0.1) is 6.92 Å². The molecular weight excluding hydrogens is 348 g/mol. The Kier molecular flexibility index (Phi) is 4.78. The molecule has 0 radical (unpaired) electrons. The summed E-state index contributed by atoms with van der Waals surface area (Å²) in [6.45, 7) is 4.29. The summed E-state index contributed by atoms with van der Waals surface area (Å²) in [5, 5.41) is 0. The van der Waals surface area contributed by atoms with E-state index in [-0.39, 0.29) is 11.7 Å². The molecule has 4 heteroatoms. The number of fused-ring (bicyclic) bond motifs is 1. The van der Waals surface area contributed by atoms with Crippen LogP contribution in [0.25, 0.3) is 11.3 Å². The van der Waals surface area contributed by atoms with Crippen molar-refractivity contribution in [3.8, 4) is 11.3 Å². The van der Waals surface area contributed by atoms with E-state index >= 15 is 0 Å². The number of amides is 1. The number of benzene rings is 2. The molecule has 0 aliphatic carbocycles. The van der Waals surface area contributed by atoms with Gasteiger partial charge in [-0.2, -0.15) is 0 Å². The lowest BCUT2D eigenvalue weighted by Crippen LogP contribution is -2.35. The topological polar surface area (TPSA) is 50.3 Å². The summed E-state index contributed by atoms with van der Waals surface area (Å²) in [5.74, 6) is -0.0124. The van der Waals surface area contributed by atoms with E-state index in [1.54, 1.807) is 24.1 Å². The molecule has 28 heavy (non-hydrogen) atoms. The number of carbonyl (C=O) groups is 2. The molecule has 0 N–H and O–H groups in total. The summed E-state index contributed by atoms with van der Waals surface area (Å²) in [6.07, 6.45) is 3.41. The lowest BCUT2D eigenvalue weighted by Gasteiger charge is -2.29. The highest BCUT2D eigenvalue weighted by Crippen LogP contribution is 2.30. The first kappa shape index (κ1) is 18.1. The first-order valence-corrected chi connectivity index (χ1v) is 9.52. The maximum atomic E-state index is 13.1. The zero-order valence-corrected chi connectivity index (χ0v) is 16.1. The predicted molar refractivity (Wildman–Crippen MR) is 111 cm³/mol. The Morgan fingerprint density at radius 1 is 0.964 bits per heavy atom. The molecule has 2 heterocycles. The van der Waals surface area contributed by atoms with Gasteiger partial charge in [0.1, 0.15) is 0 Å². The maximum Gasteiger partial charge on any atom is 0.259 e. The Balaban J connectivity index is 1.60. The second kappa shape index (κ2) is 7.39. The van der Waals surface area contributed by atoms with Gasteiger partial charge < -0.3 is 4.90 Å². The number of rotatable bonds is 3. The highest BCUT2D eigenvalue weighted by Gasteiger charge is 2.24. The molecule has 0 bridgehead atoms. The molecule has 0 saturated heterocycles. The van der Waals surface area contributed by atoms with Crippen LogP contribution in [0.1, 0.15) is 45.2 Å². The molecule has 1 aliphatic rings. The molecule has 0 atom stereocenters. The second-order valence-corrected chi connectivity index (χ2v) is 7.26. The lowest BCUT2D eigenvalue weighted by molar-refractivity contribution is 0.0983. The minimum atomic E-state index is -0.0560. The monoisotopic (exact) mass is 370 g/mol. The molecule has 2 aromatic carbocycles. The third-order valence-corrected chi connectivity index (χ3v) is 5.21. The standard InChI is InChI=1S/C24H22N2O2/c1-16-5-7-18(8-6-16)22-11-9-21(15-25-22)24(28)26-13-3-4-20-14-19(17(2)27)10-12-23(20)26/h5-12,14-15H,3-4,13H2,1-2H3. The quantitative estimate of drug-likeness (QED) is 0.619. The van der Waals surface area contributed by atoms with Crippen LogP contribution >= 0.6 is 0 Å². The molecule has 4 nitrogen and oxygen atoms in total. The van der Waals surface area contributed by atoms with Crippen LogP contribution in [-0.4, -0.2) is 23.2 Å². The summed E-state index contributed by atoms with van der Waals surface area (Å²) in [5.41, 5.74) is 6.29. The van der Waals surface area contributed by atoms with Crippen molar-refractivity contribution in [2.24, 2.45) is 0 Å². The molecule has 4 rings (SSSR count). The van der Waals surface area contributed by atoms with E-state index in [1.807, 2.05) is 36.4 Å². The minimum absolute atomic E-state index is 0.0437. The van der Waals surface area contributed by atoms with Gasteiger partial charge in [0.2, 0.25) is 0 Å². The van der Waals surface area contributed by atoms with Crippen molar-refractivity contribution < 1.29 is 9.59 Å². The van der Waals surface area contributed by atoms with E-state index in [1.165, 1.54) is 5.56 Å². The zero-order chi connectivity index (χ0) is 19.7. The Bertz CT molecular complexity index is 1040. The van der Waals surface area contributed by atoms with Crippen LogP contribution in [0.15, 0.2) is 60.8 Å². The van der Waals surface area contributed by atoms with Crippen LogP contribution in [0.5, 0.6) is 0 Å². The number of pyridine rings is 1. The first-order chi connectivity index (χ1) is 13.5. The van der Waals surface area contributed by atoms with Gasteiger partial charge in [-0.1, -0.05) is 29.8 Å². The third kappa shape index (κ3) is 3.46. The molecule has 0 unspecified atom stereocenters. The Hall–Kier alpha value is -3.27. The fourth-order valence-corrected chi connectivity index (χ4v) is 3.60. The SMILES string of the molecule is CC(=O)c1ccc2c(c1)CCCN2C(=O)c1ccc(-c2ccc(C)cc2)nc1. The van der Waals surface area contributed by atoms with Gasteiger partial charge in [0, 0.05) is 29.6 Å². The van der Waals surface area contributed by atoms with E-state index in [2.05, 4.69) is 24.0 Å². The van der Waals surface area contributed by atoms with Crippen LogP contribution in [0.2, 0.25) is 0 Å². The van der Waals surface area contributed by atoms with Gasteiger partial charge in [-0.15, -0.1) is 0 Å². The molecule has 0 spiro atoms. The number of nitrogens with zero attached hydrogens (tertiary/aromatic N) is 2. The maximum absolute atomic E-state index is 13.1. The van der Waals surface area contributed by atoms with Crippen LogP contribution in [-0.2, 0) is 6.42 Å². The van der Waals surface area contributed by atoms with E-state index in [0.29, 0.717) is 17.7 Å². The van der Waals surface area contributed by atoms with Gasteiger partial charge in [0.05, 0.1) is 11.3 Å². The number of Topliss-reactive ketones (excluding diaryl/α,β-unsaturated/α-hetero) is 1. The third-order valence-electron chi connectivity index (χ3n) is 5.21. The number of anilines is 1. The lowest BCUT2D eigenvalue weighted by atomic mass is 9.97. The Morgan fingerprint density at radius 3 is 2.39 bits per heavy atom. The van der Waals surface area contributed by atoms with Crippen molar-refractivity contribution >= 4 is 17.4 Å². The van der Waals surface area contributed by atoms with Gasteiger partial charge in [-0.05, 0) is 62.6 Å². The molecule has 3 aromatic rings. The van der Waals surface area contributed by atoms with E-state index in [0.717, 1.165) is 35.3 Å². The van der Waals surface area contributed by atoms with Gasteiger partial charge >= 0.3 is 0 Å². The zero-order valence-electron chi connectivity index (χ0n) is 16.1. The van der Waals surface area contributed by atoms with Crippen molar-refractivity contribution in [2.45, 2.75) is 26.7 Å². The van der Waals surface area contributed by atoms with Crippen molar-refractivity contribution in [1.82, 2.24) is 4.98 Å². The fourth-order valence-electron chi connectivity index (χ4n) is 3.60. The van der Waals surface area contributed by atoms with Crippen molar-refractivity contribution in [3.05, 3.63) is 83.0 Å². The first-order valence-electron chi connectivity index (χ1n) is 9.52. The molecule has 1 aliphatic heterocycles. The Morgan fingerprint density at radius 2 is 1.71 bits per heavy atom. The molecule has 140 valence electrons. The van der Waals surface area contributed by atoms with Gasteiger partial charge in [0.15, 0.2) is 5.78 Å². The van der Waals surface area contributed by atoms with Crippen LogP contribution in [0.4, 0.5) is 5.69 Å². The number of hydrogen-bond donors (Lipinski definition) is 0. The summed E-state index contributed by atoms with van der Waals surface area (Å²) in [6, 6.07) is 17.5. The van der Waals surface area contributed by atoms with Crippen LogP contribution in [0.3, 0.4) is 0 Å². The predicted octanol–water partition coefficient (Wildman–Crippen LogP) is 4.85. The van der Waals surface area contributed by atoms with E-state index < -0.39 is 0 Å². The highest BCUT2D eigenvalue weighted by atomic mass is 16.2. The number of carbonyl (C=O) groups excluding carboxylic acids is 2. The van der Waals surface area contributed by atoms with E-state index in [9.17, 15) is 9.59 Å². The summed E-state index contributed by atoms with van der Waals surface area (Å²) < 4.78 is 0. The number of hydrogen-bond acceptors (Lipinski definition) is 3. The second-order valence-electron chi connectivity index (χ2n) is 7.26. The number of aromatic nitrogens is 1. The molecule has 0 saturated carbocycles. The van der Waals surface area contributed by atoms with Gasteiger partial charge in [-0.3, -0.25) is 14.6 Å². The van der Waals surface area contributed by atoms with Crippen molar-refractivity contribution in [1.29, 1.82) is 0 Å². The molecular formula is C24H22N2O2. The van der Waals surface area contributed by atoms with Gasteiger partial charge in [0.25, 0.3) is 5.91 Å². The van der Waals surface area contributed by atoms with Crippen molar-refractivity contribution in [2.75, 3.05) is 11.4 Å². The summed E-state index contributed by atoms with van der Waals surface area (Å²) >= 11 is 0. The fraction of sp³-hybridized carbons (Fsp3) is 0.208. The average Bonchev–Trinajstić information content (AvgIpc) is 2.73. The summed E-state index contributed by atoms with van der Waals surface area (Å²) in [7, 11) is 0.